The molecule has 2 unspecified atom stereocenters. The molecule has 0 amide bonds. The minimum absolute atomic E-state index is 0.101. The van der Waals surface area contributed by atoms with E-state index in [1.807, 2.05) is 53.7 Å². The van der Waals surface area contributed by atoms with Crippen LogP contribution in [-0.4, -0.2) is 25.7 Å². The number of rotatable bonds is 20. The highest BCUT2D eigenvalue weighted by Crippen LogP contribution is 2.42. The zero-order valence-electron chi connectivity index (χ0n) is 33.3. The number of alkyl halides is 3. The number of aryl methyl sites for hydroxylation is 2. The lowest BCUT2D eigenvalue weighted by Crippen LogP contribution is -2.22. The number of ether oxygens (including phenoxy) is 2. The number of allylic oxidation sites excluding steroid dienone is 6. The van der Waals surface area contributed by atoms with Crippen molar-refractivity contribution >= 4 is 11.1 Å². The van der Waals surface area contributed by atoms with Crippen LogP contribution in [0.2, 0.25) is 0 Å². The van der Waals surface area contributed by atoms with Crippen molar-refractivity contribution in [3.05, 3.63) is 57.2 Å². The van der Waals surface area contributed by atoms with Crippen molar-refractivity contribution in [2.24, 2.45) is 5.92 Å². The van der Waals surface area contributed by atoms with Crippen LogP contribution in [0.3, 0.4) is 0 Å². The molecule has 0 saturated carbocycles. The van der Waals surface area contributed by atoms with Gasteiger partial charge in [-0.05, 0) is 126 Å². The molecule has 0 spiro atoms. The molecule has 2 rings (SSSR count). The standard InChI is InChI=1S/C26H37F3.C18H36O2/c1-9-11-13-22-15-14-19(6)24(21(8)17(3)4)25(22)23(26(27,28)29)16-20(7)18(5)12-10-2;1-3-17(2)13-9-7-5-4-6-8-11-15-19-18-14-10-12-16-20-18/h14-16H,9-13H2,1-8H3;17-18H,3-16H2,1-2H3/b20-18-,23-16+;. The Balaban J connectivity index is 0.000000524. The van der Waals surface area contributed by atoms with E-state index in [-0.39, 0.29) is 6.29 Å². The van der Waals surface area contributed by atoms with Gasteiger partial charge in [-0.25, -0.2) is 0 Å². The van der Waals surface area contributed by atoms with Crippen molar-refractivity contribution < 1.29 is 22.6 Å². The highest BCUT2D eigenvalue weighted by molar-refractivity contribution is 5.86. The number of hydrogen-bond acceptors (Lipinski definition) is 2. The lowest BCUT2D eigenvalue weighted by atomic mass is 9.83. The highest BCUT2D eigenvalue weighted by atomic mass is 19.4. The summed E-state index contributed by atoms with van der Waals surface area (Å²) >= 11 is 0. The first-order valence-corrected chi connectivity index (χ1v) is 19.7. The second-order valence-electron chi connectivity index (χ2n) is 14.7. The first kappa shape index (κ1) is 45.2. The van der Waals surface area contributed by atoms with Crippen LogP contribution < -0.4 is 0 Å². The monoisotopic (exact) mass is 691 g/mol. The Labute approximate surface area is 300 Å². The molecule has 1 aliphatic heterocycles. The van der Waals surface area contributed by atoms with Gasteiger partial charge in [0.25, 0.3) is 0 Å². The van der Waals surface area contributed by atoms with E-state index in [0.29, 0.717) is 17.6 Å². The van der Waals surface area contributed by atoms with Crippen molar-refractivity contribution in [3.8, 4) is 0 Å². The SMILES string of the molecule is CCC(C)CCCCCCCCCOC1CCCCO1.CCCCc1ccc(C)c(C(C)=C(C)C)c1/C(=C\C(C)=C(\C)CCC)C(F)(F)F. The van der Waals surface area contributed by atoms with Gasteiger partial charge >= 0.3 is 6.18 Å². The molecule has 282 valence electrons. The molecule has 0 radical (unpaired) electrons. The van der Waals surface area contributed by atoms with E-state index in [1.54, 1.807) is 6.92 Å². The van der Waals surface area contributed by atoms with E-state index < -0.39 is 11.7 Å². The largest absolute Gasteiger partial charge is 0.417 e. The van der Waals surface area contributed by atoms with Gasteiger partial charge in [0, 0.05) is 13.2 Å². The lowest BCUT2D eigenvalue weighted by Gasteiger charge is -2.23. The molecule has 5 heteroatoms. The van der Waals surface area contributed by atoms with Crippen LogP contribution in [0.5, 0.6) is 0 Å². The van der Waals surface area contributed by atoms with Crippen LogP contribution in [-0.2, 0) is 15.9 Å². The summed E-state index contributed by atoms with van der Waals surface area (Å²) in [5.41, 5.74) is 5.96. The third kappa shape index (κ3) is 17.8. The summed E-state index contributed by atoms with van der Waals surface area (Å²) in [4.78, 5) is 0. The Bertz CT molecular complexity index is 1150. The zero-order chi connectivity index (χ0) is 36.8. The maximum absolute atomic E-state index is 14.4. The molecular weight excluding hydrogens is 617 g/mol. The van der Waals surface area contributed by atoms with Crippen molar-refractivity contribution in [2.45, 2.75) is 191 Å². The predicted molar refractivity (Wildman–Crippen MR) is 207 cm³/mol. The van der Waals surface area contributed by atoms with Crippen molar-refractivity contribution in [2.75, 3.05) is 13.2 Å². The molecule has 0 bridgehead atoms. The van der Waals surface area contributed by atoms with Crippen molar-refractivity contribution in [3.63, 3.8) is 0 Å². The summed E-state index contributed by atoms with van der Waals surface area (Å²) in [7, 11) is 0. The fourth-order valence-electron chi connectivity index (χ4n) is 6.31. The molecule has 0 aliphatic carbocycles. The minimum Gasteiger partial charge on any atom is -0.353 e. The second-order valence-corrected chi connectivity index (χ2v) is 14.7. The normalized spacial score (nSPS) is 16.5. The van der Waals surface area contributed by atoms with E-state index in [0.717, 1.165) is 84.6 Å². The van der Waals surface area contributed by atoms with E-state index in [9.17, 15) is 13.2 Å². The average molecular weight is 691 g/mol. The molecule has 49 heavy (non-hydrogen) atoms. The molecule has 1 aliphatic rings. The quantitative estimate of drug-likeness (QED) is 0.100. The molecule has 1 saturated heterocycles. The van der Waals surface area contributed by atoms with Gasteiger partial charge in [0.15, 0.2) is 6.29 Å². The fraction of sp³-hybridized carbons (Fsp3) is 0.727. The Morgan fingerprint density at radius 2 is 1.53 bits per heavy atom. The molecule has 1 heterocycles. The van der Waals surface area contributed by atoms with Gasteiger partial charge in [0.2, 0.25) is 0 Å². The van der Waals surface area contributed by atoms with E-state index in [4.69, 9.17) is 9.47 Å². The Hall–Kier alpha value is -1.85. The molecule has 0 N–H and O–H groups in total. The van der Waals surface area contributed by atoms with Crippen LogP contribution >= 0.6 is 0 Å². The predicted octanol–water partition coefficient (Wildman–Crippen LogP) is 14.9. The molecule has 2 atom stereocenters. The fourth-order valence-corrected chi connectivity index (χ4v) is 6.31. The smallest absolute Gasteiger partial charge is 0.353 e. The summed E-state index contributed by atoms with van der Waals surface area (Å²) < 4.78 is 54.5. The molecule has 1 fully saturated rings. The Kier molecular flexibility index (Phi) is 23.2. The molecule has 1 aromatic carbocycles. The first-order valence-electron chi connectivity index (χ1n) is 19.7. The zero-order valence-corrected chi connectivity index (χ0v) is 33.3. The van der Waals surface area contributed by atoms with Gasteiger partial charge in [-0.1, -0.05) is 121 Å². The van der Waals surface area contributed by atoms with Gasteiger partial charge < -0.3 is 9.47 Å². The van der Waals surface area contributed by atoms with E-state index in [2.05, 4.69) is 20.8 Å². The van der Waals surface area contributed by atoms with Gasteiger partial charge in [0.1, 0.15) is 0 Å². The first-order chi connectivity index (χ1) is 23.3. The van der Waals surface area contributed by atoms with Crippen molar-refractivity contribution in [1.29, 1.82) is 0 Å². The maximum atomic E-state index is 14.4. The summed E-state index contributed by atoms with van der Waals surface area (Å²) in [6.07, 6.45) is 17.2. The summed E-state index contributed by atoms with van der Waals surface area (Å²) in [5.74, 6) is 0.925. The second kappa shape index (κ2) is 25.2. The third-order valence-electron chi connectivity index (χ3n) is 10.1. The van der Waals surface area contributed by atoms with Gasteiger partial charge in [-0.3, -0.25) is 0 Å². The maximum Gasteiger partial charge on any atom is 0.417 e. The van der Waals surface area contributed by atoms with Crippen LogP contribution in [0.4, 0.5) is 13.2 Å². The minimum atomic E-state index is -4.42. The molecule has 0 aromatic heterocycles. The Morgan fingerprint density at radius 3 is 2.08 bits per heavy atom. The van der Waals surface area contributed by atoms with E-state index in [1.165, 1.54) is 76.7 Å². The molecule has 2 nitrogen and oxygen atoms in total. The van der Waals surface area contributed by atoms with Crippen molar-refractivity contribution in [1.82, 2.24) is 0 Å². The van der Waals surface area contributed by atoms with Crippen LogP contribution in [0.1, 0.15) is 187 Å². The van der Waals surface area contributed by atoms with Gasteiger partial charge in [-0.15, -0.1) is 0 Å². The Morgan fingerprint density at radius 1 is 0.878 bits per heavy atom. The average Bonchev–Trinajstić information content (AvgIpc) is 3.07. The van der Waals surface area contributed by atoms with Crippen LogP contribution in [0, 0.1) is 12.8 Å². The summed E-state index contributed by atoms with van der Waals surface area (Å²) in [6, 6.07) is 3.86. The number of halogens is 3. The summed E-state index contributed by atoms with van der Waals surface area (Å²) in [6.45, 7) is 22.1. The number of benzene rings is 1. The van der Waals surface area contributed by atoms with Gasteiger partial charge in [0.05, 0.1) is 5.57 Å². The summed E-state index contributed by atoms with van der Waals surface area (Å²) in [5, 5.41) is 0. The van der Waals surface area contributed by atoms with Crippen LogP contribution in [0.25, 0.3) is 11.1 Å². The third-order valence-corrected chi connectivity index (χ3v) is 10.1. The number of unbranched alkanes of at least 4 members (excludes halogenated alkanes) is 7. The topological polar surface area (TPSA) is 18.5 Å². The number of hydrogen-bond donors (Lipinski definition) is 0. The van der Waals surface area contributed by atoms with E-state index >= 15 is 0 Å². The molecular formula is C44H73F3O2. The lowest BCUT2D eigenvalue weighted by molar-refractivity contribution is -0.162. The van der Waals surface area contributed by atoms with Crippen LogP contribution in [0.15, 0.2) is 34.9 Å². The highest BCUT2D eigenvalue weighted by Gasteiger charge is 2.37. The molecule has 1 aromatic rings. The van der Waals surface area contributed by atoms with Gasteiger partial charge in [-0.2, -0.15) is 13.2 Å².